The van der Waals surface area contributed by atoms with Gasteiger partial charge in [0.1, 0.15) is 5.60 Å². The molecule has 1 saturated heterocycles. The lowest BCUT2D eigenvalue weighted by atomic mass is 9.99. The molecule has 1 heterocycles. The van der Waals surface area contributed by atoms with Gasteiger partial charge in [-0.15, -0.1) is 0 Å². The minimum Gasteiger partial charge on any atom is -0.330 e. The first kappa shape index (κ1) is 10.9. The molecule has 1 spiro atoms. The molecule has 2 fully saturated rings. The Hall–Kier alpha value is -0.610. The van der Waals surface area contributed by atoms with Crippen molar-refractivity contribution in [2.24, 2.45) is 11.7 Å². The summed E-state index contributed by atoms with van der Waals surface area (Å²) < 4.78 is 0. The number of amides is 1. The van der Waals surface area contributed by atoms with Crippen LogP contribution in [0.2, 0.25) is 0 Å². The molecule has 15 heavy (non-hydrogen) atoms. The molecular formula is C11H20N2O2. The van der Waals surface area contributed by atoms with Crippen molar-refractivity contribution in [3.8, 4) is 0 Å². The molecule has 0 aromatic heterocycles. The Kier molecular flexibility index (Phi) is 2.98. The summed E-state index contributed by atoms with van der Waals surface area (Å²) in [4.78, 5) is 17.6. The molecular weight excluding hydrogens is 192 g/mol. The molecule has 0 aromatic carbocycles. The quantitative estimate of drug-likeness (QED) is 0.761. The summed E-state index contributed by atoms with van der Waals surface area (Å²) in [6, 6.07) is 0. The Bertz CT molecular complexity index is 249. The van der Waals surface area contributed by atoms with Gasteiger partial charge in [-0.25, -0.2) is 5.06 Å². The van der Waals surface area contributed by atoms with E-state index in [1.54, 1.807) is 5.06 Å². The standard InChI is InChI=1S/C11H20N2O2/c1-9(7-12)8-13-10(14)6-11(15-13)4-2-3-5-11/h9H,2-8,12H2,1H3. The molecule has 0 bridgehead atoms. The fourth-order valence-electron chi connectivity index (χ4n) is 2.46. The van der Waals surface area contributed by atoms with Gasteiger partial charge in [0.05, 0.1) is 13.0 Å². The summed E-state index contributed by atoms with van der Waals surface area (Å²) in [6.45, 7) is 3.27. The third-order valence-electron chi connectivity index (χ3n) is 3.45. The highest BCUT2D eigenvalue weighted by molar-refractivity contribution is 5.78. The lowest BCUT2D eigenvalue weighted by molar-refractivity contribution is -0.201. The molecule has 0 radical (unpaired) electrons. The second-order valence-electron chi connectivity index (χ2n) is 4.95. The average Bonchev–Trinajstić information content (AvgIpc) is 2.76. The Balaban J connectivity index is 1.95. The van der Waals surface area contributed by atoms with E-state index in [0.717, 1.165) is 12.8 Å². The molecule has 1 aliphatic heterocycles. The van der Waals surface area contributed by atoms with Gasteiger partial charge in [-0.3, -0.25) is 9.63 Å². The van der Waals surface area contributed by atoms with Crippen molar-refractivity contribution in [2.75, 3.05) is 13.1 Å². The minimum absolute atomic E-state index is 0.136. The molecule has 1 unspecified atom stereocenters. The third kappa shape index (κ3) is 2.16. The van der Waals surface area contributed by atoms with Crippen LogP contribution in [0.15, 0.2) is 0 Å². The topological polar surface area (TPSA) is 55.6 Å². The summed E-state index contributed by atoms with van der Waals surface area (Å²) in [6.07, 6.45) is 5.02. The van der Waals surface area contributed by atoms with Crippen molar-refractivity contribution >= 4 is 5.91 Å². The maximum Gasteiger partial charge on any atom is 0.249 e. The zero-order chi connectivity index (χ0) is 10.9. The Morgan fingerprint density at radius 2 is 2.20 bits per heavy atom. The highest BCUT2D eigenvalue weighted by Gasteiger charge is 2.46. The van der Waals surface area contributed by atoms with Gasteiger partial charge < -0.3 is 5.73 Å². The number of hydrogen-bond acceptors (Lipinski definition) is 3. The van der Waals surface area contributed by atoms with Crippen LogP contribution in [0.5, 0.6) is 0 Å². The van der Waals surface area contributed by atoms with Crippen LogP contribution in [0, 0.1) is 5.92 Å². The average molecular weight is 212 g/mol. The van der Waals surface area contributed by atoms with E-state index < -0.39 is 0 Å². The highest BCUT2D eigenvalue weighted by atomic mass is 16.7. The zero-order valence-electron chi connectivity index (χ0n) is 9.37. The second-order valence-corrected chi connectivity index (χ2v) is 4.95. The van der Waals surface area contributed by atoms with Crippen LogP contribution in [0.3, 0.4) is 0 Å². The van der Waals surface area contributed by atoms with E-state index in [4.69, 9.17) is 10.6 Å². The van der Waals surface area contributed by atoms with Gasteiger partial charge in [-0.2, -0.15) is 0 Å². The summed E-state index contributed by atoms with van der Waals surface area (Å²) >= 11 is 0. The molecule has 2 N–H and O–H groups in total. The zero-order valence-corrected chi connectivity index (χ0v) is 9.37. The molecule has 1 aliphatic carbocycles. The van der Waals surface area contributed by atoms with Crippen molar-refractivity contribution in [3.63, 3.8) is 0 Å². The monoisotopic (exact) mass is 212 g/mol. The van der Waals surface area contributed by atoms with Crippen molar-refractivity contribution in [2.45, 2.75) is 44.6 Å². The summed E-state index contributed by atoms with van der Waals surface area (Å²) in [7, 11) is 0. The van der Waals surface area contributed by atoms with Gasteiger partial charge in [-0.1, -0.05) is 19.8 Å². The van der Waals surface area contributed by atoms with Crippen LogP contribution in [0.1, 0.15) is 39.0 Å². The van der Waals surface area contributed by atoms with Crippen LogP contribution in [-0.2, 0) is 9.63 Å². The van der Waals surface area contributed by atoms with E-state index in [9.17, 15) is 4.79 Å². The molecule has 4 heteroatoms. The number of nitrogens with zero attached hydrogens (tertiary/aromatic N) is 1. The highest BCUT2D eigenvalue weighted by Crippen LogP contribution is 2.41. The van der Waals surface area contributed by atoms with Gasteiger partial charge in [-0.05, 0) is 25.3 Å². The number of hydroxylamine groups is 2. The minimum atomic E-state index is -0.147. The molecule has 2 aliphatic rings. The fourth-order valence-corrected chi connectivity index (χ4v) is 2.46. The van der Waals surface area contributed by atoms with Crippen molar-refractivity contribution < 1.29 is 9.63 Å². The molecule has 86 valence electrons. The van der Waals surface area contributed by atoms with Gasteiger partial charge in [0, 0.05) is 0 Å². The smallest absolute Gasteiger partial charge is 0.249 e. The summed E-state index contributed by atoms with van der Waals surface area (Å²) in [5, 5.41) is 1.54. The van der Waals surface area contributed by atoms with Crippen LogP contribution < -0.4 is 5.73 Å². The maximum atomic E-state index is 11.7. The van der Waals surface area contributed by atoms with Crippen LogP contribution in [0.25, 0.3) is 0 Å². The molecule has 2 rings (SSSR count). The molecule has 0 aromatic rings. The predicted molar refractivity (Wildman–Crippen MR) is 56.8 cm³/mol. The molecule has 1 saturated carbocycles. The lowest BCUT2D eigenvalue weighted by Crippen LogP contribution is -2.33. The van der Waals surface area contributed by atoms with Crippen LogP contribution >= 0.6 is 0 Å². The van der Waals surface area contributed by atoms with E-state index in [2.05, 4.69) is 0 Å². The first-order valence-electron chi connectivity index (χ1n) is 5.85. The SMILES string of the molecule is CC(CN)CN1OC2(CCCC2)CC1=O. The molecule has 1 atom stereocenters. The third-order valence-corrected chi connectivity index (χ3v) is 3.45. The second kappa shape index (κ2) is 4.10. The van der Waals surface area contributed by atoms with E-state index in [-0.39, 0.29) is 11.5 Å². The maximum absolute atomic E-state index is 11.7. The van der Waals surface area contributed by atoms with Crippen LogP contribution in [-0.4, -0.2) is 29.7 Å². The van der Waals surface area contributed by atoms with Crippen molar-refractivity contribution in [1.82, 2.24) is 5.06 Å². The molecule has 4 nitrogen and oxygen atoms in total. The van der Waals surface area contributed by atoms with Gasteiger partial charge >= 0.3 is 0 Å². The van der Waals surface area contributed by atoms with Crippen LogP contribution in [0.4, 0.5) is 0 Å². The Labute approximate surface area is 90.7 Å². The Morgan fingerprint density at radius 3 is 2.80 bits per heavy atom. The lowest BCUT2D eigenvalue weighted by Gasteiger charge is -2.24. The largest absolute Gasteiger partial charge is 0.330 e. The number of rotatable bonds is 3. The number of carbonyl (C=O) groups is 1. The number of nitrogens with two attached hydrogens (primary N) is 1. The predicted octanol–water partition coefficient (Wildman–Crippen LogP) is 1.06. The van der Waals surface area contributed by atoms with Crippen molar-refractivity contribution in [1.29, 1.82) is 0 Å². The Morgan fingerprint density at radius 1 is 1.53 bits per heavy atom. The summed E-state index contributed by atoms with van der Waals surface area (Å²) in [5.41, 5.74) is 5.40. The van der Waals surface area contributed by atoms with E-state index >= 15 is 0 Å². The number of hydrogen-bond donors (Lipinski definition) is 1. The van der Waals surface area contributed by atoms with Gasteiger partial charge in [0.25, 0.3) is 0 Å². The molecule has 1 amide bonds. The van der Waals surface area contributed by atoms with E-state index in [0.29, 0.717) is 25.4 Å². The van der Waals surface area contributed by atoms with E-state index in [1.807, 2.05) is 6.92 Å². The normalized spacial score (nSPS) is 26.5. The fraction of sp³-hybridized carbons (Fsp3) is 0.909. The van der Waals surface area contributed by atoms with Gasteiger partial charge in [0.15, 0.2) is 0 Å². The first-order chi connectivity index (χ1) is 7.15. The number of carbonyl (C=O) groups excluding carboxylic acids is 1. The van der Waals surface area contributed by atoms with Gasteiger partial charge in [0.2, 0.25) is 5.91 Å². The first-order valence-corrected chi connectivity index (χ1v) is 5.85. The van der Waals surface area contributed by atoms with E-state index in [1.165, 1.54) is 12.8 Å². The summed E-state index contributed by atoms with van der Waals surface area (Å²) in [5.74, 6) is 0.447. The van der Waals surface area contributed by atoms with Crippen molar-refractivity contribution in [3.05, 3.63) is 0 Å².